The molecule has 1 aromatic heterocycles. The first-order valence-corrected chi connectivity index (χ1v) is 7.74. The van der Waals surface area contributed by atoms with Crippen LogP contribution in [0.25, 0.3) is 0 Å². The number of halogens is 1. The molecule has 0 aliphatic rings. The molecule has 2 rings (SSSR count). The standard InChI is InChI=1S/C16H22BrN3/c1-10(2)20-16(14(17)9-19-20)15(18)8-13-7-11(3)5-6-12(13)4/h5-7,9-10,15H,8,18H2,1-4H3. The Balaban J connectivity index is 2.30. The van der Waals surface area contributed by atoms with E-state index in [2.05, 4.69) is 66.9 Å². The summed E-state index contributed by atoms with van der Waals surface area (Å²) < 4.78 is 2.99. The number of hydrogen-bond donors (Lipinski definition) is 1. The number of aromatic nitrogens is 2. The van der Waals surface area contributed by atoms with Gasteiger partial charge in [0.2, 0.25) is 0 Å². The molecule has 2 aromatic rings. The Hall–Kier alpha value is -1.13. The van der Waals surface area contributed by atoms with E-state index in [4.69, 9.17) is 5.73 Å². The molecule has 0 saturated heterocycles. The average molecular weight is 336 g/mol. The lowest BCUT2D eigenvalue weighted by Crippen LogP contribution is -2.20. The second kappa shape index (κ2) is 6.10. The first-order valence-electron chi connectivity index (χ1n) is 6.94. The van der Waals surface area contributed by atoms with E-state index in [-0.39, 0.29) is 6.04 Å². The Morgan fingerprint density at radius 1 is 1.30 bits per heavy atom. The molecule has 1 heterocycles. The Morgan fingerprint density at radius 2 is 2.00 bits per heavy atom. The smallest absolute Gasteiger partial charge is 0.0699 e. The number of hydrogen-bond acceptors (Lipinski definition) is 2. The molecule has 0 radical (unpaired) electrons. The molecule has 3 nitrogen and oxygen atoms in total. The fourth-order valence-electron chi connectivity index (χ4n) is 2.46. The Morgan fingerprint density at radius 3 is 2.65 bits per heavy atom. The minimum absolute atomic E-state index is 0.0604. The maximum atomic E-state index is 6.44. The van der Waals surface area contributed by atoms with Crippen molar-refractivity contribution in [3.63, 3.8) is 0 Å². The van der Waals surface area contributed by atoms with Gasteiger partial charge in [-0.25, -0.2) is 0 Å². The van der Waals surface area contributed by atoms with E-state index in [0.29, 0.717) is 6.04 Å². The topological polar surface area (TPSA) is 43.8 Å². The summed E-state index contributed by atoms with van der Waals surface area (Å²) in [7, 11) is 0. The largest absolute Gasteiger partial charge is 0.322 e. The predicted octanol–water partition coefficient (Wildman–Crippen LogP) is 4.09. The quantitative estimate of drug-likeness (QED) is 0.914. The van der Waals surface area contributed by atoms with Gasteiger partial charge in [0.25, 0.3) is 0 Å². The summed E-state index contributed by atoms with van der Waals surface area (Å²) in [5.74, 6) is 0. The highest BCUT2D eigenvalue weighted by atomic mass is 79.9. The van der Waals surface area contributed by atoms with E-state index in [1.54, 1.807) is 0 Å². The second-order valence-corrected chi connectivity index (χ2v) is 6.51. The summed E-state index contributed by atoms with van der Waals surface area (Å²) in [5.41, 5.74) is 11.4. The summed E-state index contributed by atoms with van der Waals surface area (Å²) >= 11 is 3.57. The molecule has 0 amide bonds. The molecule has 0 aliphatic heterocycles. The fourth-order valence-corrected chi connectivity index (χ4v) is 3.03. The maximum absolute atomic E-state index is 6.44. The van der Waals surface area contributed by atoms with Crippen molar-refractivity contribution in [2.75, 3.05) is 0 Å². The highest BCUT2D eigenvalue weighted by Gasteiger charge is 2.19. The molecule has 108 valence electrons. The van der Waals surface area contributed by atoms with E-state index in [9.17, 15) is 0 Å². The molecule has 0 saturated carbocycles. The molecule has 1 aromatic carbocycles. The van der Waals surface area contributed by atoms with Crippen LogP contribution in [0.3, 0.4) is 0 Å². The highest BCUT2D eigenvalue weighted by molar-refractivity contribution is 9.10. The van der Waals surface area contributed by atoms with Gasteiger partial charge in [0, 0.05) is 6.04 Å². The molecular formula is C16H22BrN3. The van der Waals surface area contributed by atoms with Crippen LogP contribution in [0, 0.1) is 13.8 Å². The SMILES string of the molecule is Cc1ccc(C)c(CC(N)c2c(Br)cnn2C(C)C)c1. The third-order valence-electron chi connectivity index (χ3n) is 3.57. The van der Waals surface area contributed by atoms with Gasteiger partial charge in [0.05, 0.1) is 22.4 Å². The molecular weight excluding hydrogens is 314 g/mol. The van der Waals surface area contributed by atoms with Gasteiger partial charge in [-0.3, -0.25) is 4.68 Å². The third kappa shape index (κ3) is 3.13. The number of nitrogens with two attached hydrogens (primary N) is 1. The molecule has 2 N–H and O–H groups in total. The minimum atomic E-state index is -0.0604. The molecule has 4 heteroatoms. The molecule has 0 aliphatic carbocycles. The maximum Gasteiger partial charge on any atom is 0.0699 e. The Bertz CT molecular complexity index is 602. The zero-order valence-electron chi connectivity index (χ0n) is 12.5. The molecule has 1 atom stereocenters. The van der Waals surface area contributed by atoms with Crippen molar-refractivity contribution in [1.82, 2.24) is 9.78 Å². The van der Waals surface area contributed by atoms with Crippen LogP contribution in [0.5, 0.6) is 0 Å². The van der Waals surface area contributed by atoms with Crippen molar-refractivity contribution in [1.29, 1.82) is 0 Å². The van der Waals surface area contributed by atoms with Crippen molar-refractivity contribution in [2.45, 2.75) is 46.2 Å². The monoisotopic (exact) mass is 335 g/mol. The van der Waals surface area contributed by atoms with Crippen LogP contribution in [0.15, 0.2) is 28.9 Å². The van der Waals surface area contributed by atoms with E-state index in [0.717, 1.165) is 16.6 Å². The van der Waals surface area contributed by atoms with Crippen LogP contribution in [0.1, 0.15) is 48.3 Å². The molecule has 0 spiro atoms. The number of benzene rings is 1. The van der Waals surface area contributed by atoms with Crippen molar-refractivity contribution in [3.8, 4) is 0 Å². The summed E-state index contributed by atoms with van der Waals surface area (Å²) in [6.07, 6.45) is 2.66. The lowest BCUT2D eigenvalue weighted by Gasteiger charge is -2.18. The first kappa shape index (κ1) is 15.3. The molecule has 1 unspecified atom stereocenters. The number of nitrogens with zero attached hydrogens (tertiary/aromatic N) is 2. The van der Waals surface area contributed by atoms with E-state index in [1.165, 1.54) is 16.7 Å². The Labute approximate surface area is 129 Å². The third-order valence-corrected chi connectivity index (χ3v) is 4.18. The molecule has 20 heavy (non-hydrogen) atoms. The van der Waals surface area contributed by atoms with Crippen LogP contribution in [0.2, 0.25) is 0 Å². The van der Waals surface area contributed by atoms with Gasteiger partial charge < -0.3 is 5.73 Å². The average Bonchev–Trinajstić information content (AvgIpc) is 2.76. The van der Waals surface area contributed by atoms with Gasteiger partial charge in [-0.2, -0.15) is 5.10 Å². The van der Waals surface area contributed by atoms with Crippen molar-refractivity contribution in [2.24, 2.45) is 5.73 Å². The van der Waals surface area contributed by atoms with E-state index >= 15 is 0 Å². The van der Waals surface area contributed by atoms with Crippen LogP contribution in [0.4, 0.5) is 0 Å². The lowest BCUT2D eigenvalue weighted by molar-refractivity contribution is 0.484. The molecule has 0 fully saturated rings. The zero-order chi connectivity index (χ0) is 14.9. The summed E-state index contributed by atoms with van der Waals surface area (Å²) in [5, 5.41) is 4.41. The minimum Gasteiger partial charge on any atom is -0.322 e. The highest BCUT2D eigenvalue weighted by Crippen LogP contribution is 2.27. The van der Waals surface area contributed by atoms with E-state index in [1.807, 2.05) is 10.9 Å². The van der Waals surface area contributed by atoms with Gasteiger partial charge in [-0.05, 0) is 61.2 Å². The summed E-state index contributed by atoms with van der Waals surface area (Å²) in [6.45, 7) is 8.49. The summed E-state index contributed by atoms with van der Waals surface area (Å²) in [6, 6.07) is 6.76. The lowest BCUT2D eigenvalue weighted by atomic mass is 9.98. The Kier molecular flexibility index (Phi) is 4.66. The van der Waals surface area contributed by atoms with E-state index < -0.39 is 0 Å². The van der Waals surface area contributed by atoms with Gasteiger partial charge >= 0.3 is 0 Å². The van der Waals surface area contributed by atoms with Crippen LogP contribution in [-0.2, 0) is 6.42 Å². The van der Waals surface area contributed by atoms with Gasteiger partial charge in [-0.15, -0.1) is 0 Å². The van der Waals surface area contributed by atoms with Crippen molar-refractivity contribution in [3.05, 3.63) is 51.3 Å². The van der Waals surface area contributed by atoms with Crippen molar-refractivity contribution >= 4 is 15.9 Å². The van der Waals surface area contributed by atoms with Crippen LogP contribution in [-0.4, -0.2) is 9.78 Å². The second-order valence-electron chi connectivity index (χ2n) is 5.66. The van der Waals surface area contributed by atoms with Gasteiger partial charge in [-0.1, -0.05) is 23.8 Å². The normalized spacial score (nSPS) is 12.9. The number of aryl methyl sites for hydroxylation is 2. The van der Waals surface area contributed by atoms with Gasteiger partial charge in [0.1, 0.15) is 0 Å². The molecule has 0 bridgehead atoms. The number of rotatable bonds is 4. The first-order chi connectivity index (χ1) is 9.40. The van der Waals surface area contributed by atoms with Crippen molar-refractivity contribution < 1.29 is 0 Å². The fraction of sp³-hybridized carbons (Fsp3) is 0.438. The van der Waals surface area contributed by atoms with Crippen LogP contribution < -0.4 is 5.73 Å². The van der Waals surface area contributed by atoms with Gasteiger partial charge in [0.15, 0.2) is 0 Å². The zero-order valence-corrected chi connectivity index (χ0v) is 14.1. The predicted molar refractivity (Wildman–Crippen MR) is 86.9 cm³/mol. The van der Waals surface area contributed by atoms with Crippen LogP contribution >= 0.6 is 15.9 Å². The summed E-state index contributed by atoms with van der Waals surface area (Å²) in [4.78, 5) is 0.